The van der Waals surface area contributed by atoms with Crippen molar-refractivity contribution in [3.63, 3.8) is 0 Å². The van der Waals surface area contributed by atoms with Crippen molar-refractivity contribution in [2.75, 3.05) is 0 Å². The van der Waals surface area contributed by atoms with Crippen LogP contribution in [-0.2, 0) is 15.6 Å². The number of carbonyl (C=O) groups excluding carboxylic acids is 2. The van der Waals surface area contributed by atoms with Crippen molar-refractivity contribution in [1.82, 2.24) is 0 Å². The summed E-state index contributed by atoms with van der Waals surface area (Å²) in [6.07, 6.45) is 4.38. The van der Waals surface area contributed by atoms with Gasteiger partial charge < -0.3 is 0 Å². The molecule has 0 saturated heterocycles. The number of carboxylic acids is 2. The van der Waals surface area contributed by atoms with Gasteiger partial charge in [-0.05, 0) is 0 Å². The van der Waals surface area contributed by atoms with Crippen LogP contribution in [0.5, 0.6) is 11.5 Å². The summed E-state index contributed by atoms with van der Waals surface area (Å²) in [5.74, 6) is -4.78. The third-order valence-electron chi connectivity index (χ3n) is 5.79. The van der Waals surface area contributed by atoms with E-state index in [0.29, 0.717) is 21.7 Å². The molecule has 1 aliphatic heterocycles. The molecule has 4 aromatic carbocycles. The molecular weight excluding hydrogens is 618 g/mol. The molecule has 0 amide bonds. The summed E-state index contributed by atoms with van der Waals surface area (Å²) in [5, 5.41) is 31.0. The molecule has 0 bridgehead atoms. The first-order chi connectivity index (χ1) is 18.7. The van der Waals surface area contributed by atoms with Crippen LogP contribution in [-0.4, -0.2) is 60.7 Å². The second-order valence-corrected chi connectivity index (χ2v) is 11.1. The zero-order chi connectivity index (χ0) is 27.7. The fraction of sp³-hybridized carbons (Fsp3) is 0. The molecule has 1 heterocycles. The predicted molar refractivity (Wildman–Crippen MR) is 140 cm³/mol. The molecule has 0 aliphatic carbocycles. The Labute approximate surface area is 228 Å². The van der Waals surface area contributed by atoms with Crippen molar-refractivity contribution >= 4 is 79.0 Å². The second-order valence-electron chi connectivity index (χ2n) is 8.21. The van der Waals surface area contributed by atoms with Crippen LogP contribution in [0.15, 0.2) is 72.8 Å². The third kappa shape index (κ3) is 5.14. The number of aliphatic carboxylic acids is 2. The molecule has 0 aromatic heterocycles. The van der Waals surface area contributed by atoms with E-state index in [2.05, 4.69) is 0 Å². The van der Waals surface area contributed by atoms with Crippen LogP contribution in [0.4, 0.5) is 0 Å². The van der Waals surface area contributed by atoms with Crippen LogP contribution in [0.3, 0.4) is 0 Å². The third-order valence-corrected chi connectivity index (χ3v) is 8.54. The number of benzene rings is 4. The molecular formula is C28H17O10Sb. The molecule has 10 nitrogen and oxygen atoms in total. The van der Waals surface area contributed by atoms with Gasteiger partial charge in [-0.2, -0.15) is 0 Å². The van der Waals surface area contributed by atoms with Crippen molar-refractivity contribution in [3.8, 4) is 11.5 Å². The van der Waals surface area contributed by atoms with Crippen LogP contribution in [0.25, 0.3) is 33.7 Å². The number of phenols is 1. The van der Waals surface area contributed by atoms with E-state index in [-0.39, 0.29) is 27.8 Å². The van der Waals surface area contributed by atoms with E-state index in [4.69, 9.17) is 19.3 Å². The molecule has 0 fully saturated rings. The van der Waals surface area contributed by atoms with Gasteiger partial charge in [-0.1, -0.05) is 0 Å². The zero-order valence-electron chi connectivity index (χ0n) is 19.7. The molecule has 4 aromatic rings. The van der Waals surface area contributed by atoms with Crippen molar-refractivity contribution in [1.29, 1.82) is 0 Å². The number of carboxylic acid groups (broad SMARTS) is 2. The summed E-state index contributed by atoms with van der Waals surface area (Å²) in [6.45, 7) is 0. The second kappa shape index (κ2) is 10.5. The molecule has 0 unspecified atom stereocenters. The van der Waals surface area contributed by atoms with E-state index >= 15 is 0 Å². The Morgan fingerprint density at radius 3 is 2.18 bits per heavy atom. The molecule has 0 radical (unpaired) electrons. The van der Waals surface area contributed by atoms with Gasteiger partial charge in [0.2, 0.25) is 0 Å². The number of phenolic OH excluding ortho intramolecular Hbond substituents is 1. The fourth-order valence-electron chi connectivity index (χ4n) is 4.15. The van der Waals surface area contributed by atoms with Crippen LogP contribution < -0.4 is 3.02 Å². The summed E-state index contributed by atoms with van der Waals surface area (Å²) >= 11 is -4.08. The summed E-state index contributed by atoms with van der Waals surface area (Å²) < 4.78 is 16.6. The Morgan fingerprint density at radius 2 is 1.46 bits per heavy atom. The van der Waals surface area contributed by atoms with Gasteiger partial charge in [0.1, 0.15) is 0 Å². The number of aromatic hydroxyl groups is 1. The molecule has 0 spiro atoms. The van der Waals surface area contributed by atoms with Crippen LogP contribution in [0.1, 0.15) is 31.8 Å². The Hall–Kier alpha value is -4.82. The Kier molecular flexibility index (Phi) is 6.95. The van der Waals surface area contributed by atoms with E-state index in [1.54, 1.807) is 54.6 Å². The van der Waals surface area contributed by atoms with Crippen molar-refractivity contribution in [2.24, 2.45) is 0 Å². The summed E-state index contributed by atoms with van der Waals surface area (Å²) in [4.78, 5) is 48.3. The quantitative estimate of drug-likeness (QED) is 0.206. The normalized spacial score (nSPS) is 13.4. The zero-order valence-corrected chi connectivity index (χ0v) is 22.3. The van der Waals surface area contributed by atoms with E-state index in [1.165, 1.54) is 18.2 Å². The van der Waals surface area contributed by atoms with Crippen molar-refractivity contribution < 1.29 is 43.5 Å². The van der Waals surface area contributed by atoms with E-state index in [1.807, 2.05) is 0 Å². The van der Waals surface area contributed by atoms with Crippen molar-refractivity contribution in [2.45, 2.75) is 0 Å². The number of hydrogen-bond acceptors (Lipinski definition) is 8. The number of hydrogen-bond donors (Lipinski definition) is 3. The average Bonchev–Trinajstić information content (AvgIpc) is 2.91. The minimum atomic E-state index is -4.08. The van der Waals surface area contributed by atoms with E-state index in [9.17, 15) is 24.3 Å². The molecule has 3 N–H and O–H groups in total. The number of fused-ring (bicyclic) bond motifs is 3. The molecule has 39 heavy (non-hydrogen) atoms. The molecule has 11 heteroatoms. The molecule has 194 valence electrons. The van der Waals surface area contributed by atoms with Crippen LogP contribution in [0, 0.1) is 0 Å². The summed E-state index contributed by atoms with van der Waals surface area (Å²) in [7, 11) is 0. The number of rotatable bonds is 6. The molecule has 0 saturated carbocycles. The van der Waals surface area contributed by atoms with Gasteiger partial charge in [-0.3, -0.25) is 0 Å². The molecule has 0 atom stereocenters. The molecule has 1 aliphatic rings. The fourth-order valence-corrected chi connectivity index (χ4v) is 6.77. The van der Waals surface area contributed by atoms with Gasteiger partial charge >= 0.3 is 229 Å². The first-order valence-electron chi connectivity index (χ1n) is 11.3. The van der Waals surface area contributed by atoms with E-state index < -0.39 is 51.1 Å². The Bertz CT molecular complexity index is 1750. The average molecular weight is 635 g/mol. The minimum absolute atomic E-state index is 0.0704. The molecule has 5 rings (SSSR count). The van der Waals surface area contributed by atoms with Gasteiger partial charge in [0.25, 0.3) is 0 Å². The standard InChI is InChI=1S/C14H10O6.C14H10O4.Sb/c15-10(16)6-5-9-7-3-1-2-4-8(7)12(17)11(13(9)18)14(19)20;15-13(16)6-5-10-8-11(14(17)18)7-9-3-1-2-4-12(9)10;/h1-6,17-18H,(H,15,16)(H,19,20);1-8H,(H,15,16)(H,17,18);/q;;+3/p-3/b2*6-5+;. The van der Waals surface area contributed by atoms with Gasteiger partial charge in [0, 0.05) is 0 Å². The van der Waals surface area contributed by atoms with Gasteiger partial charge in [0.15, 0.2) is 0 Å². The maximum absolute atomic E-state index is 13.1. The predicted octanol–water partition coefficient (Wildman–Crippen LogP) is 4.29. The Morgan fingerprint density at radius 1 is 0.821 bits per heavy atom. The van der Waals surface area contributed by atoms with Gasteiger partial charge in [0.05, 0.1) is 0 Å². The maximum atomic E-state index is 13.1. The van der Waals surface area contributed by atoms with Crippen molar-refractivity contribution in [3.05, 3.63) is 95.1 Å². The summed E-state index contributed by atoms with van der Waals surface area (Å²) in [5.41, 5.74) is 0.428. The number of carbonyl (C=O) groups is 4. The van der Waals surface area contributed by atoms with Crippen LogP contribution >= 0.6 is 0 Å². The summed E-state index contributed by atoms with van der Waals surface area (Å²) in [6, 6.07) is 16.5. The Balaban J connectivity index is 1.53. The van der Waals surface area contributed by atoms with E-state index in [0.717, 1.165) is 12.2 Å². The van der Waals surface area contributed by atoms with Gasteiger partial charge in [-0.25, -0.2) is 0 Å². The van der Waals surface area contributed by atoms with Crippen LogP contribution in [0.2, 0.25) is 0 Å². The monoisotopic (exact) mass is 634 g/mol. The topological polar surface area (TPSA) is 157 Å². The first-order valence-corrected chi connectivity index (χ1v) is 14.4. The SMILES string of the molecule is O=C(O)/C=C/c1cc(C(=O)[O][Sb]2[O]C(=O)c3c(c(/C=C/C(=O)O)c4ccccc4c3O)[O]2)cc2ccccc12. The van der Waals surface area contributed by atoms with Gasteiger partial charge in [-0.15, -0.1) is 0 Å². The first kappa shape index (κ1) is 25.8.